The van der Waals surface area contributed by atoms with Crippen molar-refractivity contribution in [3.8, 4) is 0 Å². The summed E-state index contributed by atoms with van der Waals surface area (Å²) in [4.78, 5) is 0. The van der Waals surface area contributed by atoms with Crippen LogP contribution in [0.25, 0.3) is 0 Å². The molecule has 0 spiro atoms. The maximum absolute atomic E-state index is 12.1. The lowest BCUT2D eigenvalue weighted by Crippen LogP contribution is -2.00. The third-order valence-electron chi connectivity index (χ3n) is 3.10. The fraction of sp³-hybridized carbons (Fsp3) is 0.667. The first-order valence-electron chi connectivity index (χ1n) is 8.31. The van der Waals surface area contributed by atoms with E-state index in [9.17, 15) is 4.57 Å². The molecule has 0 aromatic rings. The van der Waals surface area contributed by atoms with Gasteiger partial charge in [-0.3, -0.25) is 13.6 Å². The fourth-order valence-electron chi connectivity index (χ4n) is 1.81. The maximum atomic E-state index is 12.1. The van der Waals surface area contributed by atoms with Crippen LogP contribution in [0, 0.1) is 0 Å². The van der Waals surface area contributed by atoms with E-state index in [0.717, 1.165) is 19.3 Å². The molecule has 0 fully saturated rings. The van der Waals surface area contributed by atoms with Crippen molar-refractivity contribution < 1.29 is 18.1 Å². The average Bonchev–Trinajstić information content (AvgIpc) is 2.45. The van der Waals surface area contributed by atoms with Crippen molar-refractivity contribution in [2.24, 2.45) is 0 Å². The van der Waals surface area contributed by atoms with Crippen molar-refractivity contribution in [1.29, 1.82) is 0 Å². The number of hydrogen-bond acceptors (Lipinski definition) is 4. The molecule has 0 amide bonds. The smallest absolute Gasteiger partial charge is 0.287 e. The molecule has 0 aliphatic carbocycles. The van der Waals surface area contributed by atoms with Crippen LogP contribution in [-0.2, 0) is 18.1 Å². The second kappa shape index (κ2) is 12.7. The minimum absolute atomic E-state index is 0.230. The van der Waals surface area contributed by atoms with Crippen LogP contribution in [0.4, 0.5) is 0 Å². The van der Waals surface area contributed by atoms with Crippen LogP contribution in [-0.4, -0.2) is 19.8 Å². The van der Waals surface area contributed by atoms with E-state index in [4.69, 9.17) is 13.6 Å². The summed E-state index contributed by atoms with van der Waals surface area (Å²) in [5.41, 5.74) is 3.91. The zero-order valence-electron chi connectivity index (χ0n) is 15.6. The normalized spacial score (nSPS) is 13.3. The van der Waals surface area contributed by atoms with Gasteiger partial charge < -0.3 is 0 Å². The fourth-order valence-corrected chi connectivity index (χ4v) is 2.92. The molecule has 0 saturated heterocycles. The third-order valence-corrected chi connectivity index (χ3v) is 4.72. The largest absolute Gasteiger partial charge is 0.475 e. The van der Waals surface area contributed by atoms with Gasteiger partial charge >= 0.3 is 7.82 Å². The second-order valence-corrected chi connectivity index (χ2v) is 7.37. The summed E-state index contributed by atoms with van der Waals surface area (Å²) in [6.45, 7) is 12.8. The zero-order valence-corrected chi connectivity index (χ0v) is 16.4. The van der Waals surface area contributed by atoms with Gasteiger partial charge in [0.1, 0.15) is 0 Å². The van der Waals surface area contributed by atoms with E-state index < -0.39 is 7.82 Å². The molecule has 0 saturated carbocycles. The van der Waals surface area contributed by atoms with Gasteiger partial charge in [-0.05, 0) is 60.8 Å². The topological polar surface area (TPSA) is 44.8 Å². The number of phosphoric ester groups is 1. The molecule has 0 radical (unpaired) electrons. The SMILES string of the molecule is CCOP(=O)(OCC)OC/C=C(\C)C/C=C(\C)CCC=C(C)C. The van der Waals surface area contributed by atoms with Crippen LogP contribution < -0.4 is 0 Å². The number of rotatable bonds is 12. The van der Waals surface area contributed by atoms with Crippen molar-refractivity contribution in [1.82, 2.24) is 0 Å². The van der Waals surface area contributed by atoms with E-state index in [1.165, 1.54) is 16.7 Å². The van der Waals surface area contributed by atoms with E-state index in [0.29, 0.717) is 13.2 Å². The van der Waals surface area contributed by atoms with E-state index >= 15 is 0 Å². The summed E-state index contributed by atoms with van der Waals surface area (Å²) in [5, 5.41) is 0. The molecule has 0 aromatic carbocycles. The Hall–Kier alpha value is -0.670. The Bertz CT molecular complexity index is 450. The van der Waals surface area contributed by atoms with Gasteiger partial charge in [0.25, 0.3) is 0 Å². The highest BCUT2D eigenvalue weighted by Crippen LogP contribution is 2.49. The molecule has 134 valence electrons. The molecule has 0 unspecified atom stereocenters. The van der Waals surface area contributed by atoms with Crippen molar-refractivity contribution >= 4 is 7.82 Å². The first-order valence-corrected chi connectivity index (χ1v) is 9.77. The Balaban J connectivity index is 4.29. The summed E-state index contributed by atoms with van der Waals surface area (Å²) in [5.74, 6) is 0. The van der Waals surface area contributed by atoms with Gasteiger partial charge in [0.15, 0.2) is 0 Å². The highest BCUT2D eigenvalue weighted by Gasteiger charge is 2.24. The van der Waals surface area contributed by atoms with E-state index in [2.05, 4.69) is 32.9 Å². The van der Waals surface area contributed by atoms with Crippen molar-refractivity contribution in [3.05, 3.63) is 34.9 Å². The summed E-state index contributed by atoms with van der Waals surface area (Å²) < 4.78 is 27.6. The van der Waals surface area contributed by atoms with Crippen LogP contribution >= 0.6 is 7.82 Å². The number of allylic oxidation sites excluding steroid dienone is 5. The molecule has 0 aromatic heterocycles. The summed E-state index contributed by atoms with van der Waals surface area (Å²) in [6, 6.07) is 0. The number of hydrogen-bond donors (Lipinski definition) is 0. The van der Waals surface area contributed by atoms with Gasteiger partial charge in [-0.2, -0.15) is 0 Å². The summed E-state index contributed by atoms with van der Waals surface area (Å²) in [7, 11) is -3.40. The monoisotopic (exact) mass is 344 g/mol. The van der Waals surface area contributed by atoms with Gasteiger partial charge in [0.05, 0.1) is 19.8 Å². The quantitative estimate of drug-likeness (QED) is 0.312. The molecule has 0 aliphatic heterocycles. The van der Waals surface area contributed by atoms with Crippen molar-refractivity contribution in [2.75, 3.05) is 19.8 Å². The summed E-state index contributed by atoms with van der Waals surface area (Å²) in [6.07, 6.45) is 9.45. The lowest BCUT2D eigenvalue weighted by molar-refractivity contribution is 0.131. The predicted molar refractivity (Wildman–Crippen MR) is 97.6 cm³/mol. The van der Waals surface area contributed by atoms with Crippen LogP contribution in [0.2, 0.25) is 0 Å². The molecule has 23 heavy (non-hydrogen) atoms. The molecule has 0 rings (SSSR count). The van der Waals surface area contributed by atoms with E-state index in [1.807, 2.05) is 13.0 Å². The summed E-state index contributed by atoms with van der Waals surface area (Å²) >= 11 is 0. The lowest BCUT2D eigenvalue weighted by Gasteiger charge is -2.15. The highest BCUT2D eigenvalue weighted by atomic mass is 31.2. The minimum Gasteiger partial charge on any atom is -0.287 e. The van der Waals surface area contributed by atoms with Crippen LogP contribution in [0.5, 0.6) is 0 Å². The molecular formula is C18H33O4P. The van der Waals surface area contributed by atoms with Crippen molar-refractivity contribution in [2.45, 2.75) is 60.8 Å². The highest BCUT2D eigenvalue weighted by molar-refractivity contribution is 7.48. The molecule has 0 aliphatic rings. The molecular weight excluding hydrogens is 311 g/mol. The molecule has 5 heteroatoms. The molecule has 0 heterocycles. The Kier molecular flexibility index (Phi) is 12.3. The standard InChI is InChI=1S/C18H33O4P/c1-7-20-23(19,21-8-2)22-15-14-18(6)13-12-17(5)11-9-10-16(3)4/h10,12,14H,7-9,11,13,15H2,1-6H3/b17-12+,18-14+. The molecule has 0 N–H and O–H groups in total. The Morgan fingerprint density at radius 2 is 1.48 bits per heavy atom. The number of phosphoric acid groups is 1. The average molecular weight is 344 g/mol. The minimum atomic E-state index is -3.40. The zero-order chi connectivity index (χ0) is 17.7. The van der Waals surface area contributed by atoms with Crippen LogP contribution in [0.1, 0.15) is 60.8 Å². The van der Waals surface area contributed by atoms with Gasteiger partial charge in [-0.25, -0.2) is 4.57 Å². The first kappa shape index (κ1) is 22.3. The van der Waals surface area contributed by atoms with Gasteiger partial charge in [-0.1, -0.05) is 34.9 Å². The van der Waals surface area contributed by atoms with Crippen LogP contribution in [0.3, 0.4) is 0 Å². The van der Waals surface area contributed by atoms with Crippen molar-refractivity contribution in [3.63, 3.8) is 0 Å². The van der Waals surface area contributed by atoms with Gasteiger partial charge in [-0.15, -0.1) is 0 Å². The maximum Gasteiger partial charge on any atom is 0.475 e. The Morgan fingerprint density at radius 1 is 0.870 bits per heavy atom. The Morgan fingerprint density at radius 3 is 2.00 bits per heavy atom. The molecule has 0 atom stereocenters. The Labute approximate surface area is 142 Å². The van der Waals surface area contributed by atoms with Crippen LogP contribution in [0.15, 0.2) is 34.9 Å². The lowest BCUT2D eigenvalue weighted by atomic mass is 10.1. The van der Waals surface area contributed by atoms with E-state index in [1.54, 1.807) is 13.8 Å². The van der Waals surface area contributed by atoms with Gasteiger partial charge in [0, 0.05) is 0 Å². The second-order valence-electron chi connectivity index (χ2n) is 5.70. The predicted octanol–water partition coefficient (Wildman–Crippen LogP) is 6.21. The van der Waals surface area contributed by atoms with Gasteiger partial charge in [0.2, 0.25) is 0 Å². The van der Waals surface area contributed by atoms with E-state index in [-0.39, 0.29) is 6.61 Å². The molecule has 4 nitrogen and oxygen atoms in total. The first-order chi connectivity index (χ1) is 10.8. The molecule has 0 bridgehead atoms. The third kappa shape index (κ3) is 12.4.